The first-order chi connectivity index (χ1) is 9.44. The number of anilines is 1. The van der Waals surface area contributed by atoms with Gasteiger partial charge in [0.25, 0.3) is 0 Å². The molecule has 1 fully saturated rings. The summed E-state index contributed by atoms with van der Waals surface area (Å²) in [5.74, 6) is 0. The van der Waals surface area contributed by atoms with Gasteiger partial charge in [0.1, 0.15) is 5.60 Å². The largest absolute Gasteiger partial charge is 0.444 e. The fourth-order valence-corrected chi connectivity index (χ4v) is 2.30. The molecule has 0 aliphatic carbocycles. The van der Waals surface area contributed by atoms with Crippen LogP contribution in [0.25, 0.3) is 0 Å². The Bertz CT molecular complexity index is 437. The molecule has 0 unspecified atom stereocenters. The number of nitrogens with zero attached hydrogens (tertiary/aromatic N) is 1. The third kappa shape index (κ3) is 5.84. The van der Waals surface area contributed by atoms with E-state index >= 15 is 0 Å². The molecular formula is C16H25ClN2O2. The lowest BCUT2D eigenvalue weighted by Crippen LogP contribution is -2.44. The van der Waals surface area contributed by atoms with Gasteiger partial charge in [0.05, 0.1) is 0 Å². The van der Waals surface area contributed by atoms with Gasteiger partial charge >= 0.3 is 6.09 Å². The Labute approximate surface area is 133 Å². The third-order valence-electron chi connectivity index (χ3n) is 3.29. The lowest BCUT2D eigenvalue weighted by Gasteiger charge is -2.34. The van der Waals surface area contributed by atoms with Crippen molar-refractivity contribution in [3.8, 4) is 0 Å². The molecule has 118 valence electrons. The number of amides is 1. The van der Waals surface area contributed by atoms with Gasteiger partial charge < -0.3 is 15.0 Å². The monoisotopic (exact) mass is 312 g/mol. The molecule has 1 heterocycles. The number of para-hydroxylation sites is 1. The van der Waals surface area contributed by atoms with Crippen molar-refractivity contribution in [2.24, 2.45) is 0 Å². The molecule has 2 rings (SSSR count). The van der Waals surface area contributed by atoms with E-state index in [1.54, 1.807) is 4.90 Å². The minimum Gasteiger partial charge on any atom is -0.444 e. The molecule has 1 aromatic rings. The van der Waals surface area contributed by atoms with Crippen molar-refractivity contribution in [2.75, 3.05) is 18.4 Å². The van der Waals surface area contributed by atoms with Crippen molar-refractivity contribution in [2.45, 2.75) is 45.3 Å². The third-order valence-corrected chi connectivity index (χ3v) is 3.29. The van der Waals surface area contributed by atoms with Gasteiger partial charge in [-0.3, -0.25) is 0 Å². The van der Waals surface area contributed by atoms with E-state index in [1.807, 2.05) is 39.0 Å². The van der Waals surface area contributed by atoms with E-state index in [2.05, 4.69) is 17.4 Å². The summed E-state index contributed by atoms with van der Waals surface area (Å²) in [6, 6.07) is 10.6. The van der Waals surface area contributed by atoms with Gasteiger partial charge in [0.2, 0.25) is 0 Å². The second-order valence-corrected chi connectivity index (χ2v) is 6.25. The van der Waals surface area contributed by atoms with Crippen molar-refractivity contribution in [3.63, 3.8) is 0 Å². The number of piperidine rings is 1. The highest BCUT2D eigenvalue weighted by Crippen LogP contribution is 2.18. The lowest BCUT2D eigenvalue weighted by atomic mass is 10.0. The second-order valence-electron chi connectivity index (χ2n) is 6.25. The van der Waals surface area contributed by atoms with E-state index in [0.717, 1.165) is 31.6 Å². The number of benzene rings is 1. The van der Waals surface area contributed by atoms with Gasteiger partial charge in [-0.25, -0.2) is 4.79 Å². The predicted octanol–water partition coefficient (Wildman–Crippen LogP) is 3.92. The van der Waals surface area contributed by atoms with E-state index in [9.17, 15) is 4.79 Å². The summed E-state index contributed by atoms with van der Waals surface area (Å²) in [5.41, 5.74) is 0.721. The topological polar surface area (TPSA) is 41.6 Å². The van der Waals surface area contributed by atoms with Crippen LogP contribution in [0.5, 0.6) is 0 Å². The summed E-state index contributed by atoms with van der Waals surface area (Å²) < 4.78 is 5.40. The van der Waals surface area contributed by atoms with Crippen LogP contribution in [-0.4, -0.2) is 35.7 Å². The fraction of sp³-hybridized carbons (Fsp3) is 0.562. The highest BCUT2D eigenvalue weighted by atomic mass is 35.5. The van der Waals surface area contributed by atoms with Crippen LogP contribution in [0, 0.1) is 0 Å². The van der Waals surface area contributed by atoms with Crippen LogP contribution in [0.1, 0.15) is 33.6 Å². The van der Waals surface area contributed by atoms with Crippen molar-refractivity contribution < 1.29 is 9.53 Å². The number of likely N-dealkylation sites (tertiary alicyclic amines) is 1. The maximum Gasteiger partial charge on any atom is 0.410 e. The Morgan fingerprint density at radius 1 is 1.19 bits per heavy atom. The predicted molar refractivity (Wildman–Crippen MR) is 88.1 cm³/mol. The molecule has 0 bridgehead atoms. The Morgan fingerprint density at radius 3 is 2.29 bits per heavy atom. The molecule has 0 spiro atoms. The molecule has 1 saturated heterocycles. The molecule has 1 aliphatic heterocycles. The smallest absolute Gasteiger partial charge is 0.410 e. The van der Waals surface area contributed by atoms with Gasteiger partial charge in [-0.15, -0.1) is 12.4 Å². The molecule has 0 aromatic heterocycles. The Kier molecular flexibility index (Phi) is 6.34. The van der Waals surface area contributed by atoms with Crippen LogP contribution in [-0.2, 0) is 4.74 Å². The van der Waals surface area contributed by atoms with Gasteiger partial charge in [-0.05, 0) is 45.7 Å². The van der Waals surface area contributed by atoms with Gasteiger partial charge in [-0.2, -0.15) is 0 Å². The standard InChI is InChI=1S/C16H24N2O2.ClH/c1-16(2,3)20-15(19)18-11-9-14(10-12-18)17-13-7-5-4-6-8-13;/h4-8,14,17H,9-12H2,1-3H3;1H. The van der Waals surface area contributed by atoms with Crippen molar-refractivity contribution in [1.29, 1.82) is 0 Å². The van der Waals surface area contributed by atoms with E-state index in [0.29, 0.717) is 6.04 Å². The number of ether oxygens (including phenoxy) is 1. The highest BCUT2D eigenvalue weighted by molar-refractivity contribution is 5.85. The zero-order valence-corrected chi connectivity index (χ0v) is 13.8. The van der Waals surface area contributed by atoms with Crippen LogP contribution in [0.3, 0.4) is 0 Å². The Hall–Kier alpha value is -1.42. The fourth-order valence-electron chi connectivity index (χ4n) is 2.30. The summed E-state index contributed by atoms with van der Waals surface area (Å²) in [4.78, 5) is 13.8. The number of hydrogen-bond acceptors (Lipinski definition) is 3. The number of halogens is 1. The van der Waals surface area contributed by atoms with Crippen LogP contribution >= 0.6 is 12.4 Å². The zero-order valence-electron chi connectivity index (χ0n) is 13.0. The Morgan fingerprint density at radius 2 is 1.76 bits per heavy atom. The molecule has 4 nitrogen and oxygen atoms in total. The summed E-state index contributed by atoms with van der Waals surface area (Å²) in [7, 11) is 0. The first-order valence-electron chi connectivity index (χ1n) is 7.23. The van der Waals surface area contributed by atoms with E-state index < -0.39 is 5.60 Å². The molecule has 0 radical (unpaired) electrons. The first-order valence-corrected chi connectivity index (χ1v) is 7.23. The minimum absolute atomic E-state index is 0. The van der Waals surface area contributed by atoms with Crippen LogP contribution in [0.2, 0.25) is 0 Å². The molecule has 21 heavy (non-hydrogen) atoms. The molecule has 1 aliphatic rings. The van der Waals surface area contributed by atoms with E-state index in [1.165, 1.54) is 0 Å². The summed E-state index contributed by atoms with van der Waals surface area (Å²) in [6.45, 7) is 7.19. The minimum atomic E-state index is -0.420. The SMILES string of the molecule is CC(C)(C)OC(=O)N1CCC(Nc2ccccc2)CC1.Cl. The summed E-state index contributed by atoms with van der Waals surface area (Å²) in [5, 5.41) is 3.51. The van der Waals surface area contributed by atoms with Crippen LogP contribution < -0.4 is 5.32 Å². The number of rotatable bonds is 2. The number of carbonyl (C=O) groups excluding carboxylic acids is 1. The molecule has 5 heteroatoms. The molecule has 1 aromatic carbocycles. The molecule has 0 saturated carbocycles. The highest BCUT2D eigenvalue weighted by Gasteiger charge is 2.26. The average molecular weight is 313 g/mol. The molecule has 0 atom stereocenters. The van der Waals surface area contributed by atoms with Gasteiger partial charge in [0.15, 0.2) is 0 Å². The van der Waals surface area contributed by atoms with Crippen molar-refractivity contribution in [3.05, 3.63) is 30.3 Å². The normalized spacial score (nSPS) is 16.0. The quantitative estimate of drug-likeness (QED) is 0.900. The number of nitrogens with one attached hydrogen (secondary N) is 1. The maximum atomic E-state index is 12.0. The van der Waals surface area contributed by atoms with Crippen molar-refractivity contribution in [1.82, 2.24) is 4.90 Å². The lowest BCUT2D eigenvalue weighted by molar-refractivity contribution is 0.0210. The number of hydrogen-bond donors (Lipinski definition) is 1. The van der Waals surface area contributed by atoms with Gasteiger partial charge in [0, 0.05) is 24.8 Å². The summed E-state index contributed by atoms with van der Waals surface area (Å²) >= 11 is 0. The number of carbonyl (C=O) groups is 1. The average Bonchev–Trinajstić information content (AvgIpc) is 2.39. The van der Waals surface area contributed by atoms with Crippen molar-refractivity contribution >= 4 is 24.2 Å². The Balaban J connectivity index is 0.00000220. The van der Waals surface area contributed by atoms with Crippen LogP contribution in [0.4, 0.5) is 10.5 Å². The molecule has 1 amide bonds. The first kappa shape index (κ1) is 17.6. The molecule has 1 N–H and O–H groups in total. The van der Waals surface area contributed by atoms with Gasteiger partial charge in [-0.1, -0.05) is 18.2 Å². The van der Waals surface area contributed by atoms with E-state index in [4.69, 9.17) is 4.74 Å². The summed E-state index contributed by atoms with van der Waals surface area (Å²) in [6.07, 6.45) is 1.71. The van der Waals surface area contributed by atoms with E-state index in [-0.39, 0.29) is 18.5 Å². The second kappa shape index (κ2) is 7.55. The maximum absolute atomic E-state index is 12.0. The molecular weight excluding hydrogens is 288 g/mol. The van der Waals surface area contributed by atoms with Crippen LogP contribution in [0.15, 0.2) is 30.3 Å². The zero-order chi connectivity index (χ0) is 14.6.